The molecule has 4 nitrogen and oxygen atoms in total. The molecule has 1 rings (SSSR count). The van der Waals surface area contributed by atoms with Crippen LogP contribution < -0.4 is 11.1 Å². The second kappa shape index (κ2) is 6.84. The van der Waals surface area contributed by atoms with Crippen LogP contribution in [0.3, 0.4) is 0 Å². The van der Waals surface area contributed by atoms with E-state index in [4.69, 9.17) is 5.73 Å². The first-order valence-electron chi connectivity index (χ1n) is 4.73. The monoisotopic (exact) mass is 218 g/mol. The van der Waals surface area contributed by atoms with E-state index in [9.17, 15) is 9.59 Å². The SMILES string of the molecule is NCCCC[C@@H]1CC(=O)CNC1=O.S. The van der Waals surface area contributed by atoms with Crippen LogP contribution in [0.4, 0.5) is 0 Å². The highest BCUT2D eigenvalue weighted by Crippen LogP contribution is 2.15. The maximum Gasteiger partial charge on any atom is 0.223 e. The van der Waals surface area contributed by atoms with E-state index in [0.717, 1.165) is 19.3 Å². The molecule has 1 amide bonds. The van der Waals surface area contributed by atoms with Gasteiger partial charge in [0.15, 0.2) is 5.78 Å². The van der Waals surface area contributed by atoms with Crippen molar-refractivity contribution in [2.24, 2.45) is 11.7 Å². The number of hydrogen-bond acceptors (Lipinski definition) is 3. The molecule has 0 aromatic heterocycles. The van der Waals surface area contributed by atoms with E-state index in [-0.39, 0.29) is 37.6 Å². The molecule has 3 N–H and O–H groups in total. The van der Waals surface area contributed by atoms with Crippen LogP contribution >= 0.6 is 13.5 Å². The number of piperidine rings is 1. The summed E-state index contributed by atoms with van der Waals surface area (Å²) in [6.45, 7) is 0.870. The van der Waals surface area contributed by atoms with Crippen molar-refractivity contribution in [2.45, 2.75) is 25.7 Å². The Balaban J connectivity index is 0.00000169. The zero-order valence-corrected chi connectivity index (χ0v) is 9.21. The Morgan fingerprint density at radius 3 is 2.71 bits per heavy atom. The van der Waals surface area contributed by atoms with Crippen molar-refractivity contribution in [2.75, 3.05) is 13.1 Å². The van der Waals surface area contributed by atoms with Gasteiger partial charge in [0.1, 0.15) is 0 Å². The third-order valence-electron chi connectivity index (χ3n) is 2.31. The van der Waals surface area contributed by atoms with Gasteiger partial charge in [-0.2, -0.15) is 13.5 Å². The minimum Gasteiger partial charge on any atom is -0.349 e. The third-order valence-corrected chi connectivity index (χ3v) is 2.31. The van der Waals surface area contributed by atoms with Crippen molar-refractivity contribution in [1.29, 1.82) is 0 Å². The fourth-order valence-electron chi connectivity index (χ4n) is 1.54. The predicted octanol–water partition coefficient (Wildman–Crippen LogP) is -0.0666. The number of unbranched alkanes of at least 4 members (excludes halogenated alkanes) is 1. The topological polar surface area (TPSA) is 72.2 Å². The number of carbonyl (C=O) groups is 2. The average Bonchev–Trinajstić information content (AvgIpc) is 2.11. The summed E-state index contributed by atoms with van der Waals surface area (Å²) >= 11 is 0. The molecule has 5 heteroatoms. The molecule has 0 bridgehead atoms. The molecule has 14 heavy (non-hydrogen) atoms. The van der Waals surface area contributed by atoms with Crippen LogP contribution in [0.15, 0.2) is 0 Å². The van der Waals surface area contributed by atoms with Crippen molar-refractivity contribution < 1.29 is 9.59 Å². The van der Waals surface area contributed by atoms with Gasteiger partial charge in [-0.1, -0.05) is 6.42 Å². The number of carbonyl (C=O) groups excluding carboxylic acids is 2. The number of hydrogen-bond donors (Lipinski definition) is 2. The summed E-state index contributed by atoms with van der Waals surface area (Å²) < 4.78 is 0. The molecule has 0 radical (unpaired) electrons. The summed E-state index contributed by atoms with van der Waals surface area (Å²) in [6.07, 6.45) is 3.06. The summed E-state index contributed by atoms with van der Waals surface area (Å²) in [5, 5.41) is 2.59. The molecule has 1 aliphatic heterocycles. The summed E-state index contributed by atoms with van der Waals surface area (Å²) in [4.78, 5) is 22.3. The Morgan fingerprint density at radius 1 is 1.36 bits per heavy atom. The number of nitrogens with two attached hydrogens (primary N) is 1. The Labute approximate surface area is 91.1 Å². The van der Waals surface area contributed by atoms with Gasteiger partial charge in [-0.05, 0) is 19.4 Å². The van der Waals surface area contributed by atoms with Gasteiger partial charge < -0.3 is 11.1 Å². The highest BCUT2D eigenvalue weighted by atomic mass is 32.1. The molecular weight excluding hydrogens is 200 g/mol. The predicted molar refractivity (Wildman–Crippen MR) is 59.4 cm³/mol. The number of rotatable bonds is 4. The van der Waals surface area contributed by atoms with Gasteiger partial charge in [0.25, 0.3) is 0 Å². The normalized spacial score (nSPS) is 21.4. The summed E-state index contributed by atoms with van der Waals surface area (Å²) in [5.74, 6) is 0.0572. The third kappa shape index (κ3) is 4.11. The van der Waals surface area contributed by atoms with Gasteiger partial charge in [-0.3, -0.25) is 9.59 Å². The fourth-order valence-corrected chi connectivity index (χ4v) is 1.54. The first-order valence-corrected chi connectivity index (χ1v) is 4.73. The lowest BCUT2D eigenvalue weighted by atomic mass is 9.92. The molecule has 0 saturated carbocycles. The molecule has 0 aliphatic carbocycles. The number of Topliss-reactive ketones (excluding diaryl/α,β-unsaturated/α-hetero) is 1. The number of amides is 1. The number of ketones is 1. The molecule has 82 valence electrons. The van der Waals surface area contributed by atoms with E-state index in [2.05, 4.69) is 5.32 Å². The zero-order valence-electron chi connectivity index (χ0n) is 8.21. The molecule has 1 heterocycles. The van der Waals surface area contributed by atoms with E-state index < -0.39 is 0 Å². The van der Waals surface area contributed by atoms with Gasteiger partial charge in [0, 0.05) is 12.3 Å². The number of nitrogens with one attached hydrogen (secondary N) is 1. The van der Waals surface area contributed by atoms with Crippen LogP contribution in [0.25, 0.3) is 0 Å². The van der Waals surface area contributed by atoms with Crippen molar-refractivity contribution in [1.82, 2.24) is 5.32 Å². The van der Waals surface area contributed by atoms with Crippen molar-refractivity contribution in [3.63, 3.8) is 0 Å². The summed E-state index contributed by atoms with van der Waals surface area (Å²) in [6, 6.07) is 0. The average molecular weight is 218 g/mol. The Kier molecular flexibility index (Phi) is 6.57. The van der Waals surface area contributed by atoms with E-state index in [1.54, 1.807) is 0 Å². The van der Waals surface area contributed by atoms with E-state index in [1.807, 2.05) is 0 Å². The van der Waals surface area contributed by atoms with Gasteiger partial charge in [-0.15, -0.1) is 0 Å². The highest BCUT2D eigenvalue weighted by Gasteiger charge is 2.25. The lowest BCUT2D eigenvalue weighted by molar-refractivity contribution is -0.134. The van der Waals surface area contributed by atoms with Crippen LogP contribution in [-0.2, 0) is 9.59 Å². The molecule has 0 unspecified atom stereocenters. The molecule has 0 spiro atoms. The van der Waals surface area contributed by atoms with Crippen LogP contribution in [0.5, 0.6) is 0 Å². The van der Waals surface area contributed by atoms with E-state index >= 15 is 0 Å². The summed E-state index contributed by atoms with van der Waals surface area (Å²) in [5.41, 5.74) is 5.34. The van der Waals surface area contributed by atoms with Crippen LogP contribution in [-0.4, -0.2) is 24.8 Å². The maximum atomic E-state index is 11.2. The first kappa shape index (κ1) is 13.4. The minimum atomic E-state index is -0.104. The van der Waals surface area contributed by atoms with Crippen molar-refractivity contribution in [3.8, 4) is 0 Å². The van der Waals surface area contributed by atoms with E-state index in [0.29, 0.717) is 13.0 Å². The Hall–Kier alpha value is -0.550. The molecule has 1 saturated heterocycles. The van der Waals surface area contributed by atoms with Crippen LogP contribution in [0.1, 0.15) is 25.7 Å². The van der Waals surface area contributed by atoms with E-state index in [1.165, 1.54) is 0 Å². The second-order valence-electron chi connectivity index (χ2n) is 3.44. The first-order chi connectivity index (χ1) is 6.24. The summed E-state index contributed by atoms with van der Waals surface area (Å²) in [7, 11) is 0. The Bertz CT molecular complexity index is 209. The molecule has 0 aromatic carbocycles. The molecule has 1 atom stereocenters. The lowest BCUT2D eigenvalue weighted by Crippen LogP contribution is -2.41. The second-order valence-corrected chi connectivity index (χ2v) is 3.44. The fraction of sp³-hybridized carbons (Fsp3) is 0.778. The van der Waals surface area contributed by atoms with Crippen molar-refractivity contribution in [3.05, 3.63) is 0 Å². The highest BCUT2D eigenvalue weighted by molar-refractivity contribution is 7.59. The Morgan fingerprint density at radius 2 is 2.07 bits per heavy atom. The molecule has 0 aromatic rings. The van der Waals surface area contributed by atoms with Crippen LogP contribution in [0, 0.1) is 5.92 Å². The van der Waals surface area contributed by atoms with Gasteiger partial charge in [0.2, 0.25) is 5.91 Å². The van der Waals surface area contributed by atoms with Gasteiger partial charge in [0.05, 0.1) is 6.54 Å². The zero-order chi connectivity index (χ0) is 9.68. The molecule has 1 fully saturated rings. The largest absolute Gasteiger partial charge is 0.349 e. The van der Waals surface area contributed by atoms with Gasteiger partial charge >= 0.3 is 0 Å². The molecular formula is C9H18N2O2S. The molecule has 1 aliphatic rings. The minimum absolute atomic E-state index is 0. The van der Waals surface area contributed by atoms with Crippen LogP contribution in [0.2, 0.25) is 0 Å². The smallest absolute Gasteiger partial charge is 0.223 e. The maximum absolute atomic E-state index is 11.2. The van der Waals surface area contributed by atoms with Crippen molar-refractivity contribution >= 4 is 25.2 Å². The standard InChI is InChI=1S/C9H16N2O2.H2S/c10-4-2-1-3-7-5-8(12)6-11-9(7)13;/h7H,1-6,10H2,(H,11,13);1H2/t7-;/m1./s1. The lowest BCUT2D eigenvalue weighted by Gasteiger charge is -2.20. The van der Waals surface area contributed by atoms with Gasteiger partial charge in [-0.25, -0.2) is 0 Å². The quantitative estimate of drug-likeness (QED) is 0.649.